The molecule has 0 saturated carbocycles. The van der Waals surface area contributed by atoms with Gasteiger partial charge in [0.2, 0.25) is 0 Å². The van der Waals surface area contributed by atoms with Gasteiger partial charge in [0.15, 0.2) is 0 Å². The zero-order valence-electron chi connectivity index (χ0n) is 22.0. The first-order valence-corrected chi connectivity index (χ1v) is 14.0. The molecule has 1 heteroatoms. The van der Waals surface area contributed by atoms with Crippen LogP contribution >= 0.6 is 0 Å². The first kappa shape index (κ1) is 23.5. The van der Waals surface area contributed by atoms with Crippen molar-refractivity contribution in [1.82, 2.24) is 0 Å². The lowest BCUT2D eigenvalue weighted by Gasteiger charge is -2.21. The molecule has 0 fully saturated rings. The minimum absolute atomic E-state index is 1.08. The Hall–Kier alpha value is -4.62. The van der Waals surface area contributed by atoms with Gasteiger partial charge in [0.05, 0.1) is 0 Å². The molecule has 0 aliphatic heterocycles. The largest absolute Gasteiger partial charge is 0.355 e. The quantitative estimate of drug-likeness (QED) is 0.248. The average molecular weight is 502 g/mol. The van der Waals surface area contributed by atoms with Crippen LogP contribution in [0.5, 0.6) is 0 Å². The van der Waals surface area contributed by atoms with Crippen LogP contribution in [0, 0.1) is 0 Å². The van der Waals surface area contributed by atoms with Gasteiger partial charge in [-0.1, -0.05) is 115 Å². The highest BCUT2D eigenvalue weighted by molar-refractivity contribution is 6.05. The number of para-hydroxylation sites is 1. The molecule has 0 atom stereocenters. The molecule has 0 radical (unpaired) electrons. The Morgan fingerprint density at radius 3 is 1.90 bits per heavy atom. The van der Waals surface area contributed by atoms with Crippen LogP contribution in [0.25, 0.3) is 44.2 Å². The van der Waals surface area contributed by atoms with Crippen LogP contribution in [0.3, 0.4) is 0 Å². The monoisotopic (exact) mass is 501 g/mol. The molecule has 0 saturated heterocycles. The van der Waals surface area contributed by atoms with E-state index in [1.807, 2.05) is 0 Å². The fourth-order valence-corrected chi connectivity index (χ4v) is 6.17. The number of nitrogens with one attached hydrogen (secondary N) is 1. The highest BCUT2D eigenvalue weighted by Gasteiger charge is 2.17. The van der Waals surface area contributed by atoms with Gasteiger partial charge in [-0.15, -0.1) is 0 Å². The second kappa shape index (κ2) is 10.3. The van der Waals surface area contributed by atoms with E-state index in [-0.39, 0.29) is 0 Å². The lowest BCUT2D eigenvalue weighted by molar-refractivity contribution is 0.687. The maximum Gasteiger partial charge on any atom is 0.0463 e. The number of hydrogen-bond acceptors (Lipinski definition) is 1. The number of hydrogen-bond donors (Lipinski definition) is 1. The molecule has 39 heavy (non-hydrogen) atoms. The lowest BCUT2D eigenvalue weighted by atomic mass is 9.84. The van der Waals surface area contributed by atoms with Crippen LogP contribution in [0.4, 0.5) is 11.4 Å². The molecule has 0 amide bonds. The number of anilines is 2. The van der Waals surface area contributed by atoms with Crippen molar-refractivity contribution in [2.45, 2.75) is 25.7 Å². The van der Waals surface area contributed by atoms with Crippen LogP contribution in [-0.2, 0) is 12.8 Å². The molecule has 0 spiro atoms. The second-order valence-corrected chi connectivity index (χ2v) is 10.5. The molecule has 1 aliphatic carbocycles. The Morgan fingerprint density at radius 2 is 1.05 bits per heavy atom. The molecular weight excluding hydrogens is 470 g/mol. The van der Waals surface area contributed by atoms with Crippen LogP contribution < -0.4 is 5.32 Å². The summed E-state index contributed by atoms with van der Waals surface area (Å²) in [5, 5.41) is 6.28. The second-order valence-electron chi connectivity index (χ2n) is 10.5. The molecule has 1 nitrogen and oxygen atoms in total. The molecule has 6 aromatic carbocycles. The number of rotatable bonds is 5. The van der Waals surface area contributed by atoms with Crippen molar-refractivity contribution in [3.8, 4) is 33.4 Å². The van der Waals surface area contributed by atoms with Crippen molar-refractivity contribution >= 4 is 22.1 Å². The maximum absolute atomic E-state index is 3.65. The lowest BCUT2D eigenvalue weighted by Crippen LogP contribution is -2.04. The van der Waals surface area contributed by atoms with Gasteiger partial charge in [0.1, 0.15) is 0 Å². The summed E-state index contributed by atoms with van der Waals surface area (Å²) in [6.07, 6.45) is 4.98. The molecule has 0 heterocycles. The van der Waals surface area contributed by atoms with Gasteiger partial charge in [0.25, 0.3) is 0 Å². The van der Waals surface area contributed by atoms with Crippen molar-refractivity contribution in [3.63, 3.8) is 0 Å². The zero-order valence-corrected chi connectivity index (χ0v) is 22.0. The Morgan fingerprint density at radius 1 is 0.410 bits per heavy atom. The van der Waals surface area contributed by atoms with Crippen molar-refractivity contribution < 1.29 is 0 Å². The number of benzene rings is 6. The highest BCUT2D eigenvalue weighted by Crippen LogP contribution is 2.39. The van der Waals surface area contributed by atoms with Gasteiger partial charge in [-0.2, -0.15) is 0 Å². The first-order valence-electron chi connectivity index (χ1n) is 14.0. The van der Waals surface area contributed by atoms with Crippen LogP contribution in [-0.4, -0.2) is 0 Å². The summed E-state index contributed by atoms with van der Waals surface area (Å²) >= 11 is 0. The fraction of sp³-hybridized carbons (Fsp3) is 0.105. The van der Waals surface area contributed by atoms with E-state index < -0.39 is 0 Å². The van der Waals surface area contributed by atoms with Crippen LogP contribution in [0.2, 0.25) is 0 Å². The van der Waals surface area contributed by atoms with Gasteiger partial charge < -0.3 is 5.32 Å². The van der Waals surface area contributed by atoms with E-state index in [0.29, 0.717) is 0 Å². The van der Waals surface area contributed by atoms with Crippen LogP contribution in [0.1, 0.15) is 24.0 Å². The van der Waals surface area contributed by atoms with Crippen molar-refractivity contribution in [3.05, 3.63) is 145 Å². The minimum atomic E-state index is 1.08. The van der Waals surface area contributed by atoms with E-state index in [4.69, 9.17) is 0 Å². The van der Waals surface area contributed by atoms with E-state index in [2.05, 4.69) is 139 Å². The standard InChI is InChI=1S/C38H31N/c1-2-11-28(12-3-1)33-16-8-9-20-38(33)39-30-23-21-29(22-24-30)32-25-26-37(36-18-7-6-17-34(32)36)35-19-10-14-27-13-4-5-15-31(27)35/h1-3,6-12,14,16-26,39H,4-5,13,15H2. The summed E-state index contributed by atoms with van der Waals surface area (Å²) in [4.78, 5) is 0. The van der Waals surface area contributed by atoms with Gasteiger partial charge in [-0.05, 0) is 93.6 Å². The van der Waals surface area contributed by atoms with Gasteiger partial charge in [-0.3, -0.25) is 0 Å². The molecule has 1 aliphatic rings. The van der Waals surface area contributed by atoms with Gasteiger partial charge in [-0.25, -0.2) is 0 Å². The third kappa shape index (κ3) is 4.51. The molecule has 7 rings (SSSR count). The molecule has 1 N–H and O–H groups in total. The Labute approximate surface area is 230 Å². The van der Waals surface area contributed by atoms with Crippen molar-refractivity contribution in [1.29, 1.82) is 0 Å². The topological polar surface area (TPSA) is 12.0 Å². The van der Waals surface area contributed by atoms with Gasteiger partial charge in [0, 0.05) is 16.9 Å². The molecule has 0 unspecified atom stereocenters. The van der Waals surface area contributed by atoms with E-state index in [9.17, 15) is 0 Å². The van der Waals surface area contributed by atoms with E-state index in [1.54, 1.807) is 5.56 Å². The van der Waals surface area contributed by atoms with E-state index in [1.165, 1.54) is 75.4 Å². The maximum atomic E-state index is 3.65. The number of aryl methyl sites for hydroxylation is 1. The van der Waals surface area contributed by atoms with Crippen molar-refractivity contribution in [2.24, 2.45) is 0 Å². The molecular formula is C38H31N. The summed E-state index contributed by atoms with van der Waals surface area (Å²) in [6, 6.07) is 48.3. The summed E-state index contributed by atoms with van der Waals surface area (Å²) in [5.41, 5.74) is 12.9. The zero-order chi connectivity index (χ0) is 26.0. The summed E-state index contributed by atoms with van der Waals surface area (Å²) in [5.74, 6) is 0. The predicted molar refractivity (Wildman–Crippen MR) is 167 cm³/mol. The molecule has 0 bridgehead atoms. The van der Waals surface area contributed by atoms with E-state index >= 15 is 0 Å². The average Bonchev–Trinajstić information content (AvgIpc) is 3.01. The van der Waals surface area contributed by atoms with Crippen molar-refractivity contribution in [2.75, 3.05) is 5.32 Å². The Kier molecular flexibility index (Phi) is 6.19. The number of fused-ring (bicyclic) bond motifs is 2. The Bertz CT molecular complexity index is 1760. The summed E-state index contributed by atoms with van der Waals surface area (Å²) in [7, 11) is 0. The highest BCUT2D eigenvalue weighted by atomic mass is 14.9. The SMILES string of the molecule is c1ccc(-c2ccccc2Nc2ccc(-c3ccc(-c4cccc5c4CCCC5)c4ccccc34)cc2)cc1. The van der Waals surface area contributed by atoms with Crippen LogP contribution in [0.15, 0.2) is 133 Å². The minimum Gasteiger partial charge on any atom is -0.355 e. The Balaban J connectivity index is 1.24. The molecule has 6 aromatic rings. The van der Waals surface area contributed by atoms with E-state index in [0.717, 1.165) is 11.4 Å². The molecule has 188 valence electrons. The molecule has 0 aromatic heterocycles. The fourth-order valence-electron chi connectivity index (χ4n) is 6.17. The summed E-state index contributed by atoms with van der Waals surface area (Å²) in [6.45, 7) is 0. The third-order valence-electron chi connectivity index (χ3n) is 8.10. The smallest absolute Gasteiger partial charge is 0.0463 e. The summed E-state index contributed by atoms with van der Waals surface area (Å²) < 4.78 is 0. The third-order valence-corrected chi connectivity index (χ3v) is 8.10. The predicted octanol–water partition coefficient (Wildman–Crippen LogP) is 10.5. The van der Waals surface area contributed by atoms with Gasteiger partial charge >= 0.3 is 0 Å². The first-order chi connectivity index (χ1) is 19.3. The normalized spacial score (nSPS) is 12.7.